The molecule has 0 atom stereocenters. The molecular formula is C11H6ClF2N3O. The van der Waals surface area contributed by atoms with Gasteiger partial charge in [0.2, 0.25) is 5.28 Å². The Morgan fingerprint density at radius 2 is 2.06 bits per heavy atom. The molecule has 1 heterocycles. The summed E-state index contributed by atoms with van der Waals surface area (Å²) in [6.45, 7) is 0. The van der Waals surface area contributed by atoms with E-state index in [1.165, 1.54) is 12.3 Å². The van der Waals surface area contributed by atoms with Crippen LogP contribution >= 0.6 is 11.6 Å². The summed E-state index contributed by atoms with van der Waals surface area (Å²) in [5, 5.41) is 2.22. The average Bonchev–Trinajstić information content (AvgIpc) is 2.32. The maximum absolute atomic E-state index is 13.3. The number of hydrogen-bond donors (Lipinski definition) is 1. The molecule has 0 saturated heterocycles. The van der Waals surface area contributed by atoms with Gasteiger partial charge in [0, 0.05) is 6.20 Å². The lowest BCUT2D eigenvalue weighted by atomic mass is 10.2. The van der Waals surface area contributed by atoms with Crippen molar-refractivity contribution in [1.82, 2.24) is 9.97 Å². The van der Waals surface area contributed by atoms with Crippen molar-refractivity contribution >= 4 is 23.3 Å². The third-order valence-corrected chi connectivity index (χ3v) is 2.22. The third-order valence-electron chi connectivity index (χ3n) is 2.04. The van der Waals surface area contributed by atoms with Crippen LogP contribution < -0.4 is 5.32 Å². The molecule has 4 nitrogen and oxygen atoms in total. The molecule has 0 aliphatic rings. The Morgan fingerprint density at radius 1 is 1.28 bits per heavy atom. The molecular weight excluding hydrogens is 264 g/mol. The quantitative estimate of drug-likeness (QED) is 0.853. The molecule has 2 aromatic rings. The van der Waals surface area contributed by atoms with Gasteiger partial charge in [-0.1, -0.05) is 0 Å². The number of hydrogen-bond acceptors (Lipinski definition) is 3. The molecule has 7 heteroatoms. The van der Waals surface area contributed by atoms with Crippen LogP contribution in [0.1, 0.15) is 10.4 Å². The summed E-state index contributed by atoms with van der Waals surface area (Å²) >= 11 is 5.52. The summed E-state index contributed by atoms with van der Waals surface area (Å²) in [7, 11) is 0. The number of nitrogens with one attached hydrogen (secondary N) is 1. The first-order valence-corrected chi connectivity index (χ1v) is 5.19. The molecule has 0 saturated carbocycles. The smallest absolute Gasteiger partial charge is 0.259 e. The van der Waals surface area contributed by atoms with Gasteiger partial charge < -0.3 is 5.32 Å². The number of carbonyl (C=O) groups is 1. The first-order valence-electron chi connectivity index (χ1n) is 4.81. The Labute approximate surface area is 106 Å². The zero-order valence-electron chi connectivity index (χ0n) is 8.82. The van der Waals surface area contributed by atoms with Crippen LogP contribution in [0.3, 0.4) is 0 Å². The van der Waals surface area contributed by atoms with Crippen molar-refractivity contribution in [2.75, 3.05) is 5.32 Å². The molecule has 1 N–H and O–H groups in total. The van der Waals surface area contributed by atoms with E-state index in [2.05, 4.69) is 15.3 Å². The van der Waals surface area contributed by atoms with E-state index in [1.54, 1.807) is 0 Å². The molecule has 0 aliphatic heterocycles. The fraction of sp³-hybridized carbons (Fsp3) is 0. The van der Waals surface area contributed by atoms with Gasteiger partial charge in [0.25, 0.3) is 5.91 Å². The summed E-state index contributed by atoms with van der Waals surface area (Å²) in [5.41, 5.74) is -0.412. The van der Waals surface area contributed by atoms with Crippen molar-refractivity contribution in [3.63, 3.8) is 0 Å². The first-order chi connectivity index (χ1) is 8.56. The van der Waals surface area contributed by atoms with E-state index in [0.717, 1.165) is 18.2 Å². The molecule has 0 unspecified atom stereocenters. The number of aromatic nitrogens is 2. The zero-order chi connectivity index (χ0) is 13.1. The van der Waals surface area contributed by atoms with Crippen LogP contribution in [-0.2, 0) is 0 Å². The lowest BCUT2D eigenvalue weighted by Gasteiger charge is -2.05. The second-order valence-corrected chi connectivity index (χ2v) is 3.63. The van der Waals surface area contributed by atoms with Crippen molar-refractivity contribution in [3.05, 3.63) is 52.9 Å². The minimum Gasteiger partial charge on any atom is -0.306 e. The van der Waals surface area contributed by atoms with Crippen LogP contribution in [0.25, 0.3) is 0 Å². The van der Waals surface area contributed by atoms with E-state index in [1.807, 2.05) is 0 Å². The highest BCUT2D eigenvalue weighted by Crippen LogP contribution is 2.12. The van der Waals surface area contributed by atoms with E-state index < -0.39 is 23.1 Å². The van der Waals surface area contributed by atoms with Gasteiger partial charge in [-0.15, -0.1) is 0 Å². The number of rotatable bonds is 2. The standard InChI is InChI=1S/C11H6ClF2N3O/c12-11-15-4-3-9(17-11)16-10(18)7-5-6(13)1-2-8(7)14/h1-5H,(H,15,16,17,18). The Kier molecular flexibility index (Phi) is 3.47. The van der Waals surface area contributed by atoms with Gasteiger partial charge in [-0.25, -0.2) is 18.7 Å². The molecule has 2 rings (SSSR count). The lowest BCUT2D eigenvalue weighted by Crippen LogP contribution is -2.15. The van der Waals surface area contributed by atoms with E-state index in [0.29, 0.717) is 0 Å². The Morgan fingerprint density at radius 3 is 2.78 bits per heavy atom. The van der Waals surface area contributed by atoms with Gasteiger partial charge in [-0.2, -0.15) is 0 Å². The predicted molar refractivity (Wildman–Crippen MR) is 61.4 cm³/mol. The first kappa shape index (κ1) is 12.4. The van der Waals surface area contributed by atoms with Crippen molar-refractivity contribution in [3.8, 4) is 0 Å². The summed E-state index contributed by atoms with van der Waals surface area (Å²) in [4.78, 5) is 19.0. The van der Waals surface area contributed by atoms with Crippen molar-refractivity contribution < 1.29 is 13.6 Å². The molecule has 1 aromatic heterocycles. The number of amides is 1. The average molecular weight is 270 g/mol. The summed E-state index contributed by atoms with van der Waals surface area (Å²) in [5.74, 6) is -2.25. The lowest BCUT2D eigenvalue weighted by molar-refractivity contribution is 0.102. The van der Waals surface area contributed by atoms with Gasteiger partial charge in [0.05, 0.1) is 5.56 Å². The second-order valence-electron chi connectivity index (χ2n) is 3.29. The van der Waals surface area contributed by atoms with E-state index in [4.69, 9.17) is 11.6 Å². The Hall–Kier alpha value is -2.08. The van der Waals surface area contributed by atoms with Crippen LogP contribution in [0.2, 0.25) is 5.28 Å². The maximum Gasteiger partial charge on any atom is 0.259 e. The third kappa shape index (κ3) is 2.78. The summed E-state index contributed by atoms with van der Waals surface area (Å²) in [6, 6.07) is 3.97. The summed E-state index contributed by atoms with van der Waals surface area (Å²) in [6.07, 6.45) is 1.33. The number of nitrogens with zero attached hydrogens (tertiary/aromatic N) is 2. The molecule has 0 aliphatic carbocycles. The van der Waals surface area contributed by atoms with Crippen LogP contribution in [-0.4, -0.2) is 15.9 Å². The zero-order valence-corrected chi connectivity index (χ0v) is 9.58. The van der Waals surface area contributed by atoms with Crippen molar-refractivity contribution in [2.45, 2.75) is 0 Å². The number of anilines is 1. The van der Waals surface area contributed by atoms with Crippen LogP contribution in [0.15, 0.2) is 30.5 Å². The van der Waals surface area contributed by atoms with Crippen molar-refractivity contribution in [1.29, 1.82) is 0 Å². The van der Waals surface area contributed by atoms with Crippen LogP contribution in [0, 0.1) is 11.6 Å². The van der Waals surface area contributed by atoms with Gasteiger partial charge in [0.1, 0.15) is 17.5 Å². The minimum atomic E-state index is -0.825. The van der Waals surface area contributed by atoms with Crippen LogP contribution in [0.5, 0.6) is 0 Å². The number of benzene rings is 1. The molecule has 1 amide bonds. The normalized spacial score (nSPS) is 10.2. The van der Waals surface area contributed by atoms with Crippen LogP contribution in [0.4, 0.5) is 14.6 Å². The van der Waals surface area contributed by atoms with E-state index >= 15 is 0 Å². The number of carbonyl (C=O) groups excluding carboxylic acids is 1. The van der Waals surface area contributed by atoms with Gasteiger partial charge in [-0.3, -0.25) is 4.79 Å². The highest BCUT2D eigenvalue weighted by atomic mass is 35.5. The second kappa shape index (κ2) is 5.05. The van der Waals surface area contributed by atoms with Gasteiger partial charge >= 0.3 is 0 Å². The molecule has 1 aromatic carbocycles. The highest BCUT2D eigenvalue weighted by Gasteiger charge is 2.13. The minimum absolute atomic E-state index is 0.0625. The highest BCUT2D eigenvalue weighted by molar-refractivity contribution is 6.28. The van der Waals surface area contributed by atoms with Gasteiger partial charge in [-0.05, 0) is 35.9 Å². The molecule has 0 spiro atoms. The van der Waals surface area contributed by atoms with Gasteiger partial charge in [0.15, 0.2) is 0 Å². The Bertz CT molecular complexity index is 607. The van der Waals surface area contributed by atoms with E-state index in [9.17, 15) is 13.6 Å². The molecule has 0 bridgehead atoms. The number of halogens is 3. The Balaban J connectivity index is 2.24. The molecule has 18 heavy (non-hydrogen) atoms. The largest absolute Gasteiger partial charge is 0.306 e. The fourth-order valence-electron chi connectivity index (χ4n) is 1.26. The van der Waals surface area contributed by atoms with Crippen molar-refractivity contribution in [2.24, 2.45) is 0 Å². The maximum atomic E-state index is 13.3. The molecule has 0 radical (unpaired) electrons. The monoisotopic (exact) mass is 269 g/mol. The fourth-order valence-corrected chi connectivity index (χ4v) is 1.41. The topological polar surface area (TPSA) is 54.9 Å². The molecule has 0 fully saturated rings. The summed E-state index contributed by atoms with van der Waals surface area (Å²) < 4.78 is 26.2. The molecule has 92 valence electrons. The van der Waals surface area contributed by atoms with E-state index in [-0.39, 0.29) is 11.1 Å². The predicted octanol–water partition coefficient (Wildman–Crippen LogP) is 2.66. The SMILES string of the molecule is O=C(Nc1ccnc(Cl)n1)c1cc(F)ccc1F.